The lowest BCUT2D eigenvalue weighted by Crippen LogP contribution is -2.69. The van der Waals surface area contributed by atoms with Gasteiger partial charge in [-0.1, -0.05) is 167 Å². The zero-order valence-electron chi connectivity index (χ0n) is 45.9. The van der Waals surface area contributed by atoms with Crippen molar-refractivity contribution in [2.75, 3.05) is 26.4 Å². The molecule has 0 aromatic rings. The van der Waals surface area contributed by atoms with Crippen LogP contribution >= 0.6 is 7.82 Å². The van der Waals surface area contributed by atoms with Crippen molar-refractivity contribution < 1.29 is 113 Å². The first-order valence-corrected chi connectivity index (χ1v) is 30.2. The van der Waals surface area contributed by atoms with Crippen LogP contribution in [-0.2, 0) is 51.6 Å². The Balaban J connectivity index is 1.75. The summed E-state index contributed by atoms with van der Waals surface area (Å²) in [4.78, 5) is 37.3. The third-order valence-corrected chi connectivity index (χ3v) is 15.4. The van der Waals surface area contributed by atoms with E-state index in [1.54, 1.807) is 6.08 Å². The summed E-state index contributed by atoms with van der Waals surface area (Å²) in [5.41, 5.74) is 0. The average molecular weight is 1150 g/mol. The lowest BCUT2D eigenvalue weighted by Gasteiger charge is -2.49. The summed E-state index contributed by atoms with van der Waals surface area (Å²) in [5.74, 6) is -1.58. The van der Waals surface area contributed by atoms with E-state index in [1.807, 2.05) is 6.08 Å². The Morgan fingerprint density at radius 2 is 0.923 bits per heavy atom. The van der Waals surface area contributed by atoms with E-state index in [9.17, 15) is 75.2 Å². The van der Waals surface area contributed by atoms with Crippen LogP contribution in [0, 0.1) is 0 Å². The summed E-state index contributed by atoms with van der Waals surface area (Å²) in [5, 5.41) is 116. The number of ether oxygens (including phenoxy) is 6. The van der Waals surface area contributed by atoms with Gasteiger partial charge < -0.3 is 89.5 Å². The maximum absolute atomic E-state index is 14.0. The molecule has 0 aromatic carbocycles. The van der Waals surface area contributed by atoms with Crippen LogP contribution in [0.1, 0.15) is 174 Å². The Morgan fingerprint density at radius 3 is 1.36 bits per heavy atom. The third kappa shape index (κ3) is 25.2. The van der Waals surface area contributed by atoms with Crippen LogP contribution in [-0.4, -0.2) is 204 Å². The summed E-state index contributed by atoms with van der Waals surface area (Å²) in [6, 6.07) is 0. The maximum atomic E-state index is 14.0. The van der Waals surface area contributed by atoms with Gasteiger partial charge in [0.05, 0.1) is 19.8 Å². The molecular weight excluding hydrogens is 1050 g/mol. The minimum atomic E-state index is -5.66. The molecule has 2 heterocycles. The van der Waals surface area contributed by atoms with E-state index in [-0.39, 0.29) is 6.42 Å². The number of hydrogen-bond acceptors (Lipinski definition) is 22. The smallest absolute Gasteiger partial charge is 0.462 e. The SMILES string of the molecule is CCCCCCCCCCCCC/C=C/C=C/C(=O)OC(COC(=O)CCCCCCCCCCCCCC)COP(=O)(O)OC1C(OC2OC(CO)C(O)C(O)C2O)C(O)C(O)C(O)C1OC1OC(CO)C(O)C(O)C1O. The second kappa shape index (κ2) is 39.4. The largest absolute Gasteiger partial charge is 0.472 e. The molecule has 0 amide bonds. The van der Waals surface area contributed by atoms with Gasteiger partial charge in [-0.3, -0.25) is 13.8 Å². The van der Waals surface area contributed by atoms with Crippen LogP contribution in [0.5, 0.6) is 0 Å². The van der Waals surface area contributed by atoms with Crippen LogP contribution in [0.3, 0.4) is 0 Å². The molecule has 0 radical (unpaired) electrons. The van der Waals surface area contributed by atoms with Crippen molar-refractivity contribution in [3.05, 3.63) is 24.3 Å². The first-order chi connectivity index (χ1) is 37.4. The average Bonchev–Trinajstić information content (AvgIpc) is 3.49. The molecule has 456 valence electrons. The van der Waals surface area contributed by atoms with Crippen LogP contribution in [0.15, 0.2) is 24.3 Å². The van der Waals surface area contributed by atoms with E-state index in [0.29, 0.717) is 6.42 Å². The number of hydrogen-bond donors (Lipinski definition) is 12. The second-order valence-electron chi connectivity index (χ2n) is 20.9. The van der Waals surface area contributed by atoms with Gasteiger partial charge in [-0.2, -0.15) is 0 Å². The molecule has 1 aliphatic carbocycles. The van der Waals surface area contributed by atoms with Crippen LogP contribution in [0.2, 0.25) is 0 Å². The minimum Gasteiger partial charge on any atom is -0.462 e. The fourth-order valence-electron chi connectivity index (χ4n) is 9.56. The summed E-state index contributed by atoms with van der Waals surface area (Å²) in [6.45, 7) is 0.884. The van der Waals surface area contributed by atoms with Gasteiger partial charge in [0, 0.05) is 12.5 Å². The van der Waals surface area contributed by atoms with Gasteiger partial charge in [0.25, 0.3) is 0 Å². The van der Waals surface area contributed by atoms with E-state index >= 15 is 0 Å². The van der Waals surface area contributed by atoms with Gasteiger partial charge in [0.2, 0.25) is 0 Å². The monoisotopic (exact) mass is 1140 g/mol. The molecule has 1 saturated carbocycles. The van der Waals surface area contributed by atoms with Crippen molar-refractivity contribution in [2.45, 2.75) is 279 Å². The molecule has 0 bridgehead atoms. The lowest BCUT2D eigenvalue weighted by atomic mass is 9.84. The molecule has 2 saturated heterocycles. The first kappa shape index (κ1) is 70.2. The molecule has 16 unspecified atom stereocenters. The van der Waals surface area contributed by atoms with Crippen molar-refractivity contribution in [3.63, 3.8) is 0 Å². The highest BCUT2D eigenvalue weighted by Crippen LogP contribution is 2.49. The fraction of sp³-hybridized carbons (Fsp3) is 0.889. The van der Waals surface area contributed by atoms with Crippen molar-refractivity contribution in [3.8, 4) is 0 Å². The molecule has 12 N–H and O–H groups in total. The minimum absolute atomic E-state index is 0.0359. The second-order valence-corrected chi connectivity index (χ2v) is 22.3. The number of aliphatic hydroxyl groups excluding tert-OH is 11. The first-order valence-electron chi connectivity index (χ1n) is 28.7. The highest BCUT2D eigenvalue weighted by Gasteiger charge is 2.58. The Morgan fingerprint density at radius 1 is 0.513 bits per heavy atom. The highest BCUT2D eigenvalue weighted by molar-refractivity contribution is 7.47. The standard InChI is InChI=1S/C54H97O23P/c1-3-5-7-9-11-13-15-17-18-19-21-23-25-27-29-31-40(58)72-36(34-70-39(57)30-28-26-24-22-20-16-14-12-10-8-6-4-2)35-71-78(68,69)77-52-50(75-53-48(66)43(61)41(59)37(32-55)73-53)46(64)45(63)47(65)51(52)76-54-49(67)44(62)42(60)38(33-56)74-54/h25,27,29,31,36-38,41-56,59-67H,3-24,26,28,30,32-35H2,1-2H3,(H,68,69)/b27-25+,31-29+. The lowest BCUT2D eigenvalue weighted by molar-refractivity contribution is -0.360. The van der Waals surface area contributed by atoms with Crippen molar-refractivity contribution in [1.82, 2.24) is 0 Å². The topological polar surface area (TPSA) is 368 Å². The van der Waals surface area contributed by atoms with Gasteiger partial charge in [-0.15, -0.1) is 0 Å². The Bertz CT molecular complexity index is 1660. The van der Waals surface area contributed by atoms with Crippen LogP contribution in [0.25, 0.3) is 0 Å². The zero-order valence-corrected chi connectivity index (χ0v) is 46.8. The van der Waals surface area contributed by atoms with Crippen molar-refractivity contribution >= 4 is 19.8 Å². The summed E-state index contributed by atoms with van der Waals surface area (Å²) >= 11 is 0. The van der Waals surface area contributed by atoms with Gasteiger partial charge in [-0.05, 0) is 19.3 Å². The summed E-state index contributed by atoms with van der Waals surface area (Å²) < 4.78 is 57.8. The number of phosphoric acid groups is 1. The molecule has 78 heavy (non-hydrogen) atoms. The molecule has 23 nitrogen and oxygen atoms in total. The summed E-state index contributed by atoms with van der Waals surface area (Å²) in [6.07, 6.45) is -1.84. The Labute approximate surface area is 460 Å². The highest BCUT2D eigenvalue weighted by atomic mass is 31.2. The molecule has 3 rings (SSSR count). The van der Waals surface area contributed by atoms with Gasteiger partial charge in [0.15, 0.2) is 18.7 Å². The van der Waals surface area contributed by atoms with Crippen molar-refractivity contribution in [1.29, 1.82) is 0 Å². The van der Waals surface area contributed by atoms with E-state index in [1.165, 1.54) is 96.0 Å². The summed E-state index contributed by atoms with van der Waals surface area (Å²) in [7, 11) is -5.66. The Kier molecular flexibility index (Phi) is 35.5. The quantitative estimate of drug-likeness (QED) is 0.0137. The molecule has 3 aliphatic rings. The number of rotatable bonds is 41. The van der Waals surface area contributed by atoms with E-state index in [0.717, 1.165) is 63.9 Å². The molecule has 3 fully saturated rings. The molecule has 16 atom stereocenters. The van der Waals surface area contributed by atoms with E-state index in [4.69, 9.17) is 37.5 Å². The molecule has 0 spiro atoms. The number of carbonyl (C=O) groups excluding carboxylic acids is 2. The molecule has 2 aliphatic heterocycles. The predicted octanol–water partition coefficient (Wildman–Crippen LogP) is 3.31. The van der Waals surface area contributed by atoms with Crippen LogP contribution < -0.4 is 0 Å². The molecule has 0 aromatic heterocycles. The predicted molar refractivity (Wildman–Crippen MR) is 282 cm³/mol. The van der Waals surface area contributed by atoms with Gasteiger partial charge >= 0.3 is 19.8 Å². The van der Waals surface area contributed by atoms with E-state index in [2.05, 4.69) is 13.8 Å². The number of allylic oxidation sites excluding steroid dienone is 3. The molecule has 24 heteroatoms. The Hall–Kier alpha value is -2.07. The van der Waals surface area contributed by atoms with E-state index < -0.39 is 150 Å². The van der Waals surface area contributed by atoms with Crippen molar-refractivity contribution in [2.24, 2.45) is 0 Å². The van der Waals surface area contributed by atoms with Gasteiger partial charge in [-0.25, -0.2) is 9.36 Å². The van der Waals surface area contributed by atoms with Gasteiger partial charge in [0.1, 0.15) is 92.1 Å². The number of carbonyl (C=O) groups is 2. The number of phosphoric ester groups is 1. The normalized spacial score (nSPS) is 31.9. The number of aliphatic hydroxyl groups is 11. The number of unbranched alkanes of at least 4 members (excludes halogenated alkanes) is 22. The fourth-order valence-corrected chi connectivity index (χ4v) is 10.5. The maximum Gasteiger partial charge on any atom is 0.472 e. The number of esters is 2. The third-order valence-electron chi connectivity index (χ3n) is 14.4. The zero-order chi connectivity index (χ0) is 57.5. The van der Waals surface area contributed by atoms with Crippen LogP contribution in [0.4, 0.5) is 0 Å². The molecular formula is C54H97O23P.